The fourth-order valence-electron chi connectivity index (χ4n) is 2.11. The van der Waals surface area contributed by atoms with E-state index >= 15 is 0 Å². The molecular formula is C16H17ClN2O2. The SMILES string of the molecule is Cc1cc(N)cc(C)c1OCC(=O)Nc1cccc(Cl)c1. The zero-order chi connectivity index (χ0) is 15.4. The lowest BCUT2D eigenvalue weighted by Crippen LogP contribution is -2.20. The zero-order valence-electron chi connectivity index (χ0n) is 11.9. The van der Waals surface area contributed by atoms with Gasteiger partial charge in [0.25, 0.3) is 5.91 Å². The smallest absolute Gasteiger partial charge is 0.262 e. The number of carbonyl (C=O) groups excluding carboxylic acids is 1. The molecule has 0 unspecified atom stereocenters. The second-order valence-electron chi connectivity index (χ2n) is 4.83. The molecule has 2 aromatic carbocycles. The molecule has 0 fully saturated rings. The first-order chi connectivity index (χ1) is 9.95. The van der Waals surface area contributed by atoms with E-state index in [4.69, 9.17) is 22.1 Å². The molecule has 0 spiro atoms. The van der Waals surface area contributed by atoms with Crippen LogP contribution < -0.4 is 15.8 Å². The molecule has 0 aliphatic rings. The highest BCUT2D eigenvalue weighted by Crippen LogP contribution is 2.25. The number of nitrogens with one attached hydrogen (secondary N) is 1. The van der Waals surface area contributed by atoms with Gasteiger partial charge in [-0.1, -0.05) is 17.7 Å². The molecule has 0 aliphatic carbocycles. The average Bonchev–Trinajstić information content (AvgIpc) is 2.37. The molecule has 0 aromatic heterocycles. The van der Waals surface area contributed by atoms with E-state index in [-0.39, 0.29) is 12.5 Å². The summed E-state index contributed by atoms with van der Waals surface area (Å²) in [6.45, 7) is 3.72. The number of anilines is 2. The van der Waals surface area contributed by atoms with Crippen molar-refractivity contribution in [2.24, 2.45) is 0 Å². The minimum absolute atomic E-state index is 0.0713. The summed E-state index contributed by atoms with van der Waals surface area (Å²) in [7, 11) is 0. The van der Waals surface area contributed by atoms with Crippen LogP contribution in [0.5, 0.6) is 5.75 Å². The van der Waals surface area contributed by atoms with E-state index in [1.54, 1.807) is 24.3 Å². The Hall–Kier alpha value is -2.20. The van der Waals surface area contributed by atoms with Crippen LogP contribution in [0, 0.1) is 13.8 Å². The fourth-order valence-corrected chi connectivity index (χ4v) is 2.30. The summed E-state index contributed by atoms with van der Waals surface area (Å²) in [5.41, 5.74) is 8.89. The third-order valence-electron chi connectivity index (χ3n) is 2.94. The van der Waals surface area contributed by atoms with Gasteiger partial charge in [-0.25, -0.2) is 0 Å². The molecule has 0 heterocycles. The van der Waals surface area contributed by atoms with Crippen molar-refractivity contribution in [1.82, 2.24) is 0 Å². The van der Waals surface area contributed by atoms with Gasteiger partial charge in [0.1, 0.15) is 5.75 Å². The summed E-state index contributed by atoms with van der Waals surface area (Å²) in [6.07, 6.45) is 0. The molecule has 4 nitrogen and oxygen atoms in total. The molecule has 2 rings (SSSR count). The summed E-state index contributed by atoms with van der Waals surface area (Å²) in [6, 6.07) is 10.6. The number of hydrogen-bond acceptors (Lipinski definition) is 3. The highest BCUT2D eigenvalue weighted by Gasteiger charge is 2.09. The average molecular weight is 305 g/mol. The summed E-state index contributed by atoms with van der Waals surface area (Å²) in [4.78, 5) is 11.9. The van der Waals surface area contributed by atoms with Gasteiger partial charge in [0.2, 0.25) is 0 Å². The van der Waals surface area contributed by atoms with E-state index in [0.29, 0.717) is 22.1 Å². The van der Waals surface area contributed by atoms with Crippen LogP contribution in [0.15, 0.2) is 36.4 Å². The molecule has 5 heteroatoms. The number of carbonyl (C=O) groups is 1. The molecule has 0 aliphatic heterocycles. The number of rotatable bonds is 4. The Morgan fingerprint density at radius 3 is 2.52 bits per heavy atom. The van der Waals surface area contributed by atoms with Gasteiger partial charge in [0, 0.05) is 16.4 Å². The molecule has 0 radical (unpaired) electrons. The van der Waals surface area contributed by atoms with Crippen LogP contribution in [0.2, 0.25) is 5.02 Å². The van der Waals surface area contributed by atoms with Crippen LogP contribution in [0.3, 0.4) is 0 Å². The van der Waals surface area contributed by atoms with Crippen LogP contribution in [0.1, 0.15) is 11.1 Å². The minimum Gasteiger partial charge on any atom is -0.483 e. The van der Waals surface area contributed by atoms with Crippen molar-refractivity contribution in [3.63, 3.8) is 0 Å². The van der Waals surface area contributed by atoms with Gasteiger partial charge >= 0.3 is 0 Å². The number of halogens is 1. The van der Waals surface area contributed by atoms with Gasteiger partial charge < -0.3 is 15.8 Å². The van der Waals surface area contributed by atoms with Gasteiger partial charge in [-0.2, -0.15) is 0 Å². The van der Waals surface area contributed by atoms with Crippen molar-refractivity contribution in [1.29, 1.82) is 0 Å². The lowest BCUT2D eigenvalue weighted by Gasteiger charge is -2.13. The molecular weight excluding hydrogens is 288 g/mol. The Morgan fingerprint density at radius 1 is 1.24 bits per heavy atom. The topological polar surface area (TPSA) is 64.3 Å². The molecule has 2 aromatic rings. The molecule has 0 atom stereocenters. The first-order valence-electron chi connectivity index (χ1n) is 6.50. The van der Waals surface area contributed by atoms with Gasteiger partial charge in [-0.3, -0.25) is 4.79 Å². The van der Waals surface area contributed by atoms with Gasteiger partial charge in [-0.05, 0) is 55.3 Å². The zero-order valence-corrected chi connectivity index (χ0v) is 12.7. The monoisotopic (exact) mass is 304 g/mol. The largest absolute Gasteiger partial charge is 0.483 e. The van der Waals surface area contributed by atoms with Crippen LogP contribution in [0.25, 0.3) is 0 Å². The van der Waals surface area contributed by atoms with Crippen molar-refractivity contribution >= 4 is 28.9 Å². The normalized spacial score (nSPS) is 10.2. The van der Waals surface area contributed by atoms with E-state index in [0.717, 1.165) is 11.1 Å². The molecule has 0 bridgehead atoms. The number of nitrogens with two attached hydrogens (primary N) is 1. The standard InChI is InChI=1S/C16H17ClN2O2/c1-10-6-13(18)7-11(2)16(10)21-9-15(20)19-14-5-3-4-12(17)8-14/h3-8H,9,18H2,1-2H3,(H,19,20). The Labute approximate surface area is 128 Å². The lowest BCUT2D eigenvalue weighted by atomic mass is 10.1. The third-order valence-corrected chi connectivity index (χ3v) is 3.17. The van der Waals surface area contributed by atoms with Crippen LogP contribution in [0.4, 0.5) is 11.4 Å². The van der Waals surface area contributed by atoms with E-state index < -0.39 is 0 Å². The highest BCUT2D eigenvalue weighted by molar-refractivity contribution is 6.30. The van der Waals surface area contributed by atoms with Crippen LogP contribution in [-0.2, 0) is 4.79 Å². The first kappa shape index (κ1) is 15.2. The molecule has 0 saturated heterocycles. The second kappa shape index (κ2) is 6.50. The van der Waals surface area contributed by atoms with Gasteiger partial charge in [-0.15, -0.1) is 0 Å². The molecule has 110 valence electrons. The van der Waals surface area contributed by atoms with E-state index in [2.05, 4.69) is 5.32 Å². The molecule has 1 amide bonds. The first-order valence-corrected chi connectivity index (χ1v) is 6.88. The van der Waals surface area contributed by atoms with Crippen molar-refractivity contribution < 1.29 is 9.53 Å². The minimum atomic E-state index is -0.243. The Bertz CT molecular complexity index is 648. The number of benzene rings is 2. The van der Waals surface area contributed by atoms with Crippen molar-refractivity contribution in [3.05, 3.63) is 52.5 Å². The Balaban J connectivity index is 1.99. The summed E-state index contributed by atoms with van der Waals surface area (Å²) < 4.78 is 5.59. The van der Waals surface area contributed by atoms with E-state index in [1.165, 1.54) is 0 Å². The van der Waals surface area contributed by atoms with Crippen molar-refractivity contribution in [3.8, 4) is 5.75 Å². The van der Waals surface area contributed by atoms with E-state index in [1.807, 2.05) is 26.0 Å². The summed E-state index contributed by atoms with van der Waals surface area (Å²) >= 11 is 5.86. The Morgan fingerprint density at radius 2 is 1.90 bits per heavy atom. The molecule has 21 heavy (non-hydrogen) atoms. The summed E-state index contributed by atoms with van der Waals surface area (Å²) in [5, 5.41) is 3.30. The highest BCUT2D eigenvalue weighted by atomic mass is 35.5. The van der Waals surface area contributed by atoms with Crippen molar-refractivity contribution in [2.45, 2.75) is 13.8 Å². The Kier molecular flexibility index (Phi) is 4.70. The number of ether oxygens (including phenoxy) is 1. The number of aryl methyl sites for hydroxylation is 2. The second-order valence-corrected chi connectivity index (χ2v) is 5.27. The maximum absolute atomic E-state index is 11.9. The third kappa shape index (κ3) is 4.13. The van der Waals surface area contributed by atoms with Crippen molar-refractivity contribution in [2.75, 3.05) is 17.7 Å². The number of amides is 1. The summed E-state index contributed by atoms with van der Waals surface area (Å²) in [5.74, 6) is 0.443. The number of hydrogen-bond donors (Lipinski definition) is 2. The predicted molar refractivity (Wildman–Crippen MR) is 85.9 cm³/mol. The lowest BCUT2D eigenvalue weighted by molar-refractivity contribution is -0.118. The molecule has 3 N–H and O–H groups in total. The van der Waals surface area contributed by atoms with E-state index in [9.17, 15) is 4.79 Å². The van der Waals surface area contributed by atoms with Gasteiger partial charge in [0.05, 0.1) is 0 Å². The van der Waals surface area contributed by atoms with Gasteiger partial charge in [0.15, 0.2) is 6.61 Å². The van der Waals surface area contributed by atoms with Crippen LogP contribution >= 0.6 is 11.6 Å². The predicted octanol–water partition coefficient (Wildman–Crippen LogP) is 3.56. The fraction of sp³-hybridized carbons (Fsp3) is 0.188. The van der Waals surface area contributed by atoms with Crippen LogP contribution in [-0.4, -0.2) is 12.5 Å². The quantitative estimate of drug-likeness (QED) is 0.849. The number of nitrogen functional groups attached to an aromatic ring is 1. The maximum Gasteiger partial charge on any atom is 0.262 e. The molecule has 0 saturated carbocycles. The maximum atomic E-state index is 11.9.